The normalized spacial score (nSPS) is 14.0. The molecule has 0 atom stereocenters. The average molecular weight is 354 g/mol. The standard InChI is InChI=1S/C20H26N4O2/c1-3-21-20(23-12-15-4-5-15)24-14-16-6-11-19(22-13-16)26-18-9-7-17(25-2)8-10-18/h6-11,13,15H,3-5,12,14H2,1-2H3,(H2,21,23,24). The largest absolute Gasteiger partial charge is 0.497 e. The Balaban J connectivity index is 1.54. The molecule has 0 bridgehead atoms. The van der Waals surface area contributed by atoms with Crippen LogP contribution in [0.3, 0.4) is 0 Å². The van der Waals surface area contributed by atoms with E-state index in [4.69, 9.17) is 9.47 Å². The molecular weight excluding hydrogens is 328 g/mol. The second-order valence-corrected chi connectivity index (χ2v) is 6.30. The molecule has 1 aliphatic carbocycles. The zero-order chi connectivity index (χ0) is 18.2. The van der Waals surface area contributed by atoms with E-state index >= 15 is 0 Å². The highest BCUT2D eigenvalue weighted by atomic mass is 16.5. The molecule has 2 N–H and O–H groups in total. The molecule has 1 fully saturated rings. The maximum atomic E-state index is 5.74. The first-order chi connectivity index (χ1) is 12.8. The van der Waals surface area contributed by atoms with Crippen LogP contribution in [0.25, 0.3) is 0 Å². The van der Waals surface area contributed by atoms with Crippen molar-refractivity contribution in [1.29, 1.82) is 0 Å². The van der Waals surface area contributed by atoms with Gasteiger partial charge in [-0.15, -0.1) is 0 Å². The van der Waals surface area contributed by atoms with E-state index in [0.29, 0.717) is 12.4 Å². The van der Waals surface area contributed by atoms with Crippen molar-refractivity contribution in [2.75, 3.05) is 20.2 Å². The summed E-state index contributed by atoms with van der Waals surface area (Å²) in [4.78, 5) is 8.98. The Bertz CT molecular complexity index is 710. The minimum Gasteiger partial charge on any atom is -0.497 e. The lowest BCUT2D eigenvalue weighted by molar-refractivity contribution is 0.412. The first-order valence-corrected chi connectivity index (χ1v) is 9.06. The third-order valence-electron chi connectivity index (χ3n) is 4.10. The van der Waals surface area contributed by atoms with Crippen LogP contribution in [0.5, 0.6) is 17.4 Å². The van der Waals surface area contributed by atoms with Crippen molar-refractivity contribution in [2.24, 2.45) is 10.9 Å². The predicted molar refractivity (Wildman–Crippen MR) is 103 cm³/mol. The van der Waals surface area contributed by atoms with Crippen LogP contribution in [0.15, 0.2) is 47.6 Å². The number of hydrogen-bond donors (Lipinski definition) is 2. The van der Waals surface area contributed by atoms with Crippen LogP contribution >= 0.6 is 0 Å². The van der Waals surface area contributed by atoms with Crippen LogP contribution in [-0.4, -0.2) is 31.1 Å². The van der Waals surface area contributed by atoms with Crippen molar-refractivity contribution in [3.63, 3.8) is 0 Å². The molecule has 0 unspecified atom stereocenters. The summed E-state index contributed by atoms with van der Waals surface area (Å²) in [5.41, 5.74) is 1.04. The minimum absolute atomic E-state index is 0.557. The molecule has 0 amide bonds. The van der Waals surface area contributed by atoms with E-state index in [9.17, 15) is 0 Å². The summed E-state index contributed by atoms with van der Waals surface area (Å²) in [5, 5.41) is 6.66. The van der Waals surface area contributed by atoms with Gasteiger partial charge in [0.15, 0.2) is 5.96 Å². The van der Waals surface area contributed by atoms with E-state index in [1.165, 1.54) is 12.8 Å². The number of rotatable bonds is 8. The molecule has 1 heterocycles. The second-order valence-electron chi connectivity index (χ2n) is 6.30. The summed E-state index contributed by atoms with van der Waals surface area (Å²) in [5.74, 6) is 3.75. The highest BCUT2D eigenvalue weighted by Gasteiger charge is 2.20. The van der Waals surface area contributed by atoms with E-state index in [2.05, 4.69) is 27.5 Å². The van der Waals surface area contributed by atoms with Crippen molar-refractivity contribution in [1.82, 2.24) is 15.6 Å². The van der Waals surface area contributed by atoms with Gasteiger partial charge >= 0.3 is 0 Å². The van der Waals surface area contributed by atoms with Gasteiger partial charge in [-0.2, -0.15) is 0 Å². The summed E-state index contributed by atoms with van der Waals surface area (Å²) in [6, 6.07) is 11.3. The molecule has 0 radical (unpaired) electrons. The van der Waals surface area contributed by atoms with Gasteiger partial charge in [-0.25, -0.2) is 9.98 Å². The summed E-state index contributed by atoms with van der Waals surface area (Å²) in [7, 11) is 1.64. The molecule has 0 saturated heterocycles. The predicted octanol–water partition coefficient (Wildman–Crippen LogP) is 3.35. The molecule has 138 valence electrons. The number of pyridine rings is 1. The number of nitrogens with zero attached hydrogens (tertiary/aromatic N) is 2. The second kappa shape index (κ2) is 9.08. The van der Waals surface area contributed by atoms with Gasteiger partial charge in [0.1, 0.15) is 11.5 Å². The maximum absolute atomic E-state index is 5.74. The van der Waals surface area contributed by atoms with Crippen molar-refractivity contribution < 1.29 is 9.47 Å². The number of methoxy groups -OCH3 is 1. The van der Waals surface area contributed by atoms with Crippen molar-refractivity contribution in [3.05, 3.63) is 48.2 Å². The van der Waals surface area contributed by atoms with Crippen LogP contribution in [0, 0.1) is 5.92 Å². The summed E-state index contributed by atoms with van der Waals surface area (Å²) in [6.07, 6.45) is 4.45. The first kappa shape index (κ1) is 18.0. The van der Waals surface area contributed by atoms with Gasteiger partial charge in [0.05, 0.1) is 13.7 Å². The fraction of sp³-hybridized carbons (Fsp3) is 0.400. The molecule has 3 rings (SSSR count). The summed E-state index contributed by atoms with van der Waals surface area (Å²) in [6.45, 7) is 4.50. The Kier molecular flexibility index (Phi) is 6.30. The topological polar surface area (TPSA) is 67.8 Å². The van der Waals surface area contributed by atoms with Crippen LogP contribution < -0.4 is 20.1 Å². The molecule has 0 spiro atoms. The molecule has 0 aliphatic heterocycles. The van der Waals surface area contributed by atoms with Crippen LogP contribution in [0.1, 0.15) is 25.3 Å². The number of aliphatic imine (C=N–C) groups is 1. The van der Waals surface area contributed by atoms with Crippen molar-refractivity contribution in [2.45, 2.75) is 26.3 Å². The van der Waals surface area contributed by atoms with Crippen molar-refractivity contribution in [3.8, 4) is 17.4 Å². The Morgan fingerprint density at radius 3 is 2.50 bits per heavy atom. The molecule has 6 heteroatoms. The molecule has 1 aromatic carbocycles. The van der Waals surface area contributed by atoms with Crippen LogP contribution in [-0.2, 0) is 6.54 Å². The van der Waals surface area contributed by atoms with Crippen LogP contribution in [0.4, 0.5) is 0 Å². The fourth-order valence-electron chi connectivity index (χ4n) is 2.40. The lowest BCUT2D eigenvalue weighted by Gasteiger charge is -2.10. The van der Waals surface area contributed by atoms with Gasteiger partial charge in [-0.3, -0.25) is 0 Å². The van der Waals surface area contributed by atoms with Crippen LogP contribution in [0.2, 0.25) is 0 Å². The van der Waals surface area contributed by atoms with Gasteiger partial charge in [-0.1, -0.05) is 6.07 Å². The molecule has 1 saturated carbocycles. The minimum atomic E-state index is 0.557. The monoisotopic (exact) mass is 354 g/mol. The number of ether oxygens (including phenoxy) is 2. The van der Waals surface area contributed by atoms with Gasteiger partial charge in [0, 0.05) is 25.4 Å². The molecule has 26 heavy (non-hydrogen) atoms. The Morgan fingerprint density at radius 1 is 1.12 bits per heavy atom. The summed E-state index contributed by atoms with van der Waals surface area (Å²) < 4.78 is 10.9. The highest BCUT2D eigenvalue weighted by Crippen LogP contribution is 2.27. The fourth-order valence-corrected chi connectivity index (χ4v) is 2.40. The lowest BCUT2D eigenvalue weighted by atomic mass is 10.3. The van der Waals surface area contributed by atoms with E-state index in [0.717, 1.165) is 42.0 Å². The third kappa shape index (κ3) is 5.65. The Hall–Kier alpha value is -2.76. The zero-order valence-corrected chi connectivity index (χ0v) is 15.4. The quantitative estimate of drug-likeness (QED) is 0.562. The molecule has 1 aromatic heterocycles. The maximum Gasteiger partial charge on any atom is 0.219 e. The molecule has 2 aromatic rings. The molecule has 1 aliphatic rings. The SMILES string of the molecule is CCNC(=NCc1ccc(Oc2ccc(OC)cc2)nc1)NCC1CC1. The lowest BCUT2D eigenvalue weighted by Crippen LogP contribution is -2.38. The van der Waals surface area contributed by atoms with Gasteiger partial charge in [-0.05, 0) is 55.5 Å². The van der Waals surface area contributed by atoms with E-state index in [1.54, 1.807) is 13.3 Å². The van der Waals surface area contributed by atoms with E-state index in [-0.39, 0.29) is 0 Å². The highest BCUT2D eigenvalue weighted by molar-refractivity contribution is 5.79. The smallest absolute Gasteiger partial charge is 0.219 e. The zero-order valence-electron chi connectivity index (χ0n) is 15.4. The summed E-state index contributed by atoms with van der Waals surface area (Å²) >= 11 is 0. The average Bonchev–Trinajstić information content (AvgIpc) is 3.50. The molecular formula is C20H26N4O2. The Morgan fingerprint density at radius 2 is 1.88 bits per heavy atom. The number of nitrogens with one attached hydrogen (secondary N) is 2. The van der Waals surface area contributed by atoms with E-state index in [1.807, 2.05) is 36.4 Å². The number of aromatic nitrogens is 1. The van der Waals surface area contributed by atoms with E-state index < -0.39 is 0 Å². The molecule has 6 nitrogen and oxygen atoms in total. The van der Waals surface area contributed by atoms with Gasteiger partial charge in [0.25, 0.3) is 0 Å². The number of hydrogen-bond acceptors (Lipinski definition) is 4. The number of guanidine groups is 1. The first-order valence-electron chi connectivity index (χ1n) is 9.06. The van der Waals surface area contributed by atoms with Gasteiger partial charge < -0.3 is 20.1 Å². The Labute approximate surface area is 154 Å². The van der Waals surface area contributed by atoms with Crippen molar-refractivity contribution >= 4 is 5.96 Å². The number of benzene rings is 1. The van der Waals surface area contributed by atoms with Gasteiger partial charge in [0.2, 0.25) is 5.88 Å². The third-order valence-corrected chi connectivity index (χ3v) is 4.10.